The minimum absolute atomic E-state index is 0.0803. The zero-order chi connectivity index (χ0) is 17.7. The third kappa shape index (κ3) is 4.99. The number of ether oxygens (including phenoxy) is 1. The van der Waals surface area contributed by atoms with Crippen LogP contribution in [0.3, 0.4) is 0 Å². The summed E-state index contributed by atoms with van der Waals surface area (Å²) in [7, 11) is 0. The van der Waals surface area contributed by atoms with E-state index in [4.69, 9.17) is 4.74 Å². The van der Waals surface area contributed by atoms with E-state index in [1.54, 1.807) is 18.2 Å². The number of aromatic nitrogens is 2. The highest BCUT2D eigenvalue weighted by Crippen LogP contribution is 2.10. The van der Waals surface area contributed by atoms with Gasteiger partial charge in [0.05, 0.1) is 22.8 Å². The lowest BCUT2D eigenvalue weighted by Gasteiger charge is -2.21. The summed E-state index contributed by atoms with van der Waals surface area (Å²) in [6.07, 6.45) is 1.50. The van der Waals surface area contributed by atoms with Crippen LogP contribution in [0.25, 0.3) is 11.0 Å². The number of carboxylic acid groups (broad SMARTS) is 1. The molecule has 1 atom stereocenters. The predicted octanol–water partition coefficient (Wildman–Crippen LogP) is 2.02. The number of amides is 1. The molecular formula is C17H21N3O4. The molecule has 0 aliphatic carbocycles. The monoisotopic (exact) mass is 331 g/mol. The number of fused-ring (bicyclic) bond motifs is 1. The van der Waals surface area contributed by atoms with Crippen molar-refractivity contribution in [3.8, 4) is 0 Å². The predicted molar refractivity (Wildman–Crippen MR) is 88.8 cm³/mol. The molecule has 0 aliphatic heterocycles. The Morgan fingerprint density at radius 2 is 1.92 bits per heavy atom. The normalized spacial score (nSPS) is 12.8. The minimum Gasteiger partial charge on any atom is -0.480 e. The van der Waals surface area contributed by atoms with Crippen molar-refractivity contribution in [3.05, 3.63) is 36.2 Å². The van der Waals surface area contributed by atoms with E-state index in [0.29, 0.717) is 11.0 Å². The van der Waals surface area contributed by atoms with E-state index in [2.05, 4.69) is 15.3 Å². The van der Waals surface area contributed by atoms with Gasteiger partial charge in [0, 0.05) is 13.0 Å². The maximum atomic E-state index is 12.2. The number of carboxylic acids is 1. The molecule has 0 fully saturated rings. The fourth-order valence-electron chi connectivity index (χ4n) is 2.04. The van der Waals surface area contributed by atoms with Crippen molar-refractivity contribution in [2.24, 2.45) is 0 Å². The summed E-state index contributed by atoms with van der Waals surface area (Å²) in [4.78, 5) is 31.9. The Morgan fingerprint density at radius 1 is 1.25 bits per heavy atom. The van der Waals surface area contributed by atoms with Crippen molar-refractivity contribution in [1.29, 1.82) is 0 Å². The van der Waals surface area contributed by atoms with Gasteiger partial charge in [-0.05, 0) is 32.9 Å². The molecular weight excluding hydrogens is 310 g/mol. The molecule has 1 aromatic carbocycles. The number of nitrogens with one attached hydrogen (secondary N) is 1. The molecule has 0 saturated heterocycles. The van der Waals surface area contributed by atoms with Gasteiger partial charge in [-0.2, -0.15) is 0 Å². The van der Waals surface area contributed by atoms with Crippen molar-refractivity contribution in [2.45, 2.75) is 38.8 Å². The molecule has 1 amide bonds. The van der Waals surface area contributed by atoms with Gasteiger partial charge in [0.15, 0.2) is 0 Å². The SMILES string of the molecule is CC(C)(C)OCCC(NC(=O)c1cnc2ccccc2n1)C(=O)O. The van der Waals surface area contributed by atoms with Gasteiger partial charge in [-0.15, -0.1) is 0 Å². The zero-order valence-electron chi connectivity index (χ0n) is 13.9. The summed E-state index contributed by atoms with van der Waals surface area (Å²) in [6.45, 7) is 5.87. The lowest BCUT2D eigenvalue weighted by Crippen LogP contribution is -2.42. The number of nitrogens with zero attached hydrogens (tertiary/aromatic N) is 2. The molecule has 2 rings (SSSR count). The van der Waals surface area contributed by atoms with Crippen LogP contribution in [0, 0.1) is 0 Å². The van der Waals surface area contributed by atoms with Gasteiger partial charge in [0.25, 0.3) is 5.91 Å². The van der Waals surface area contributed by atoms with E-state index in [1.165, 1.54) is 6.20 Å². The highest BCUT2D eigenvalue weighted by molar-refractivity contribution is 5.96. The quantitative estimate of drug-likeness (QED) is 0.840. The van der Waals surface area contributed by atoms with Crippen molar-refractivity contribution in [1.82, 2.24) is 15.3 Å². The molecule has 0 saturated carbocycles. The molecule has 2 N–H and O–H groups in total. The Balaban J connectivity index is 2.04. The second kappa shape index (κ2) is 7.35. The number of carbonyl (C=O) groups excluding carboxylic acids is 1. The van der Waals surface area contributed by atoms with Crippen LogP contribution in [-0.4, -0.2) is 45.2 Å². The number of carbonyl (C=O) groups is 2. The summed E-state index contributed by atoms with van der Waals surface area (Å²) < 4.78 is 5.51. The van der Waals surface area contributed by atoms with Crippen molar-refractivity contribution < 1.29 is 19.4 Å². The Bertz CT molecular complexity index is 740. The van der Waals surface area contributed by atoms with Crippen LogP contribution in [0.15, 0.2) is 30.5 Å². The van der Waals surface area contributed by atoms with Gasteiger partial charge in [-0.1, -0.05) is 12.1 Å². The van der Waals surface area contributed by atoms with Crippen LogP contribution in [0.4, 0.5) is 0 Å². The molecule has 0 radical (unpaired) electrons. The first-order valence-corrected chi connectivity index (χ1v) is 7.66. The van der Waals surface area contributed by atoms with Crippen LogP contribution in [0.2, 0.25) is 0 Å². The molecule has 1 heterocycles. The summed E-state index contributed by atoms with van der Waals surface area (Å²) >= 11 is 0. The molecule has 0 aliphatic rings. The van der Waals surface area contributed by atoms with Crippen LogP contribution in [0.5, 0.6) is 0 Å². The Morgan fingerprint density at radius 3 is 2.54 bits per heavy atom. The van der Waals surface area contributed by atoms with Crippen molar-refractivity contribution >= 4 is 22.9 Å². The highest BCUT2D eigenvalue weighted by atomic mass is 16.5. The smallest absolute Gasteiger partial charge is 0.326 e. The van der Waals surface area contributed by atoms with Gasteiger partial charge in [-0.3, -0.25) is 9.78 Å². The van der Waals surface area contributed by atoms with Crippen LogP contribution in [0.1, 0.15) is 37.7 Å². The summed E-state index contributed by atoms with van der Waals surface area (Å²) in [5.41, 5.74) is 0.962. The third-order valence-electron chi connectivity index (χ3n) is 3.23. The molecule has 0 spiro atoms. The number of hydrogen-bond donors (Lipinski definition) is 2. The van der Waals surface area contributed by atoms with Gasteiger partial charge in [-0.25, -0.2) is 9.78 Å². The molecule has 1 unspecified atom stereocenters. The van der Waals surface area contributed by atoms with Crippen molar-refractivity contribution in [3.63, 3.8) is 0 Å². The summed E-state index contributed by atoms with van der Waals surface area (Å²) in [5.74, 6) is -1.69. The Hall–Kier alpha value is -2.54. The molecule has 7 heteroatoms. The maximum Gasteiger partial charge on any atom is 0.326 e. The number of para-hydroxylation sites is 2. The molecule has 7 nitrogen and oxygen atoms in total. The average molecular weight is 331 g/mol. The Kier molecular flexibility index (Phi) is 5.46. The maximum absolute atomic E-state index is 12.2. The summed E-state index contributed by atoms with van der Waals surface area (Å²) in [5, 5.41) is 11.7. The second-order valence-electron chi connectivity index (χ2n) is 6.36. The number of hydrogen-bond acceptors (Lipinski definition) is 5. The van der Waals surface area contributed by atoms with Gasteiger partial charge < -0.3 is 15.2 Å². The van der Waals surface area contributed by atoms with E-state index in [9.17, 15) is 14.7 Å². The lowest BCUT2D eigenvalue weighted by molar-refractivity contribution is -0.140. The largest absolute Gasteiger partial charge is 0.480 e. The zero-order valence-corrected chi connectivity index (χ0v) is 13.9. The first-order valence-electron chi connectivity index (χ1n) is 7.66. The fraction of sp³-hybridized carbons (Fsp3) is 0.412. The number of benzene rings is 1. The standard InChI is InChI=1S/C17H21N3O4/c1-17(2,3)24-9-8-13(16(22)23)20-15(21)14-10-18-11-6-4-5-7-12(11)19-14/h4-7,10,13H,8-9H2,1-3H3,(H,20,21)(H,22,23). The molecule has 2 aromatic rings. The molecule has 1 aromatic heterocycles. The van der Waals surface area contributed by atoms with E-state index in [-0.39, 0.29) is 24.3 Å². The molecule has 128 valence electrons. The number of aliphatic carboxylic acids is 1. The van der Waals surface area contributed by atoms with Crippen LogP contribution >= 0.6 is 0 Å². The van der Waals surface area contributed by atoms with E-state index < -0.39 is 17.9 Å². The van der Waals surface area contributed by atoms with E-state index in [0.717, 1.165) is 0 Å². The number of rotatable bonds is 6. The third-order valence-corrected chi connectivity index (χ3v) is 3.23. The second-order valence-corrected chi connectivity index (χ2v) is 6.36. The summed E-state index contributed by atoms with van der Waals surface area (Å²) in [6, 6.07) is 6.10. The van der Waals surface area contributed by atoms with Gasteiger partial charge >= 0.3 is 5.97 Å². The Labute approximate surface area is 140 Å². The van der Waals surface area contributed by atoms with Crippen LogP contribution in [-0.2, 0) is 9.53 Å². The lowest BCUT2D eigenvalue weighted by atomic mass is 10.1. The van der Waals surface area contributed by atoms with Crippen LogP contribution < -0.4 is 5.32 Å². The first kappa shape index (κ1) is 17.8. The first-order chi connectivity index (χ1) is 11.3. The topological polar surface area (TPSA) is 101 Å². The van der Waals surface area contributed by atoms with Gasteiger partial charge in [0.1, 0.15) is 11.7 Å². The molecule has 0 bridgehead atoms. The average Bonchev–Trinajstić information content (AvgIpc) is 2.52. The van der Waals surface area contributed by atoms with E-state index >= 15 is 0 Å². The van der Waals surface area contributed by atoms with E-state index in [1.807, 2.05) is 26.8 Å². The van der Waals surface area contributed by atoms with Gasteiger partial charge in [0.2, 0.25) is 0 Å². The fourth-order valence-corrected chi connectivity index (χ4v) is 2.04. The van der Waals surface area contributed by atoms with Crippen molar-refractivity contribution in [2.75, 3.05) is 6.61 Å². The minimum atomic E-state index is -1.12. The highest BCUT2D eigenvalue weighted by Gasteiger charge is 2.22. The molecule has 24 heavy (non-hydrogen) atoms.